The Morgan fingerprint density at radius 2 is 1.70 bits per heavy atom. The zero-order valence-electron chi connectivity index (χ0n) is 20.3. The van der Waals surface area contributed by atoms with Crippen molar-refractivity contribution in [3.8, 4) is 5.75 Å². The van der Waals surface area contributed by atoms with Crippen LogP contribution in [0.1, 0.15) is 70.9 Å². The van der Waals surface area contributed by atoms with Gasteiger partial charge in [0, 0.05) is 42.3 Å². The first kappa shape index (κ1) is 24.5. The molecular weight excluding hydrogens is 436 g/mol. The number of benzene rings is 1. The Morgan fingerprint density at radius 1 is 1.03 bits per heavy atom. The van der Waals surface area contributed by atoms with Crippen molar-refractivity contribution >= 4 is 21.2 Å². The molecule has 1 saturated heterocycles. The van der Waals surface area contributed by atoms with Crippen LogP contribution in [-0.2, 0) is 16.7 Å². The molecule has 2 fully saturated rings. The van der Waals surface area contributed by atoms with Gasteiger partial charge in [0.15, 0.2) is 0 Å². The van der Waals surface area contributed by atoms with Crippen molar-refractivity contribution in [1.29, 1.82) is 0 Å². The largest absolute Gasteiger partial charge is 0.380 e. The zero-order chi connectivity index (χ0) is 23.8. The Kier molecular flexibility index (Phi) is 7.10. The van der Waals surface area contributed by atoms with Crippen LogP contribution < -0.4 is 15.1 Å². The lowest BCUT2D eigenvalue weighted by atomic mass is 9.71. The Morgan fingerprint density at radius 3 is 2.27 bits per heavy atom. The molecule has 1 aliphatic carbocycles. The molecule has 1 aliphatic heterocycles. The number of nitrogens with two attached hydrogens (primary N) is 2. The van der Waals surface area contributed by atoms with Gasteiger partial charge in [0.1, 0.15) is 5.75 Å². The predicted molar refractivity (Wildman–Crippen MR) is 133 cm³/mol. The van der Waals surface area contributed by atoms with E-state index in [4.69, 9.17) is 15.1 Å². The number of piperidine rings is 1. The van der Waals surface area contributed by atoms with E-state index in [-0.39, 0.29) is 5.75 Å². The third-order valence-corrected chi connectivity index (χ3v) is 8.27. The van der Waals surface area contributed by atoms with Gasteiger partial charge in [-0.2, -0.15) is 13.6 Å². The molecule has 2 heterocycles. The summed E-state index contributed by atoms with van der Waals surface area (Å²) in [5.41, 5.74) is 8.50. The molecule has 4 N–H and O–H groups in total. The molecule has 0 spiro atoms. The van der Waals surface area contributed by atoms with E-state index in [0.29, 0.717) is 18.0 Å². The molecule has 33 heavy (non-hydrogen) atoms. The van der Waals surface area contributed by atoms with E-state index in [9.17, 15) is 8.42 Å². The van der Waals surface area contributed by atoms with Crippen molar-refractivity contribution in [2.45, 2.75) is 77.8 Å². The van der Waals surface area contributed by atoms with Crippen LogP contribution in [0.4, 0.5) is 0 Å². The minimum absolute atomic E-state index is 0.238. The topological polar surface area (TPSA) is 104 Å². The van der Waals surface area contributed by atoms with Crippen LogP contribution in [0.3, 0.4) is 0 Å². The van der Waals surface area contributed by atoms with Crippen LogP contribution in [0.5, 0.6) is 5.75 Å². The van der Waals surface area contributed by atoms with Crippen LogP contribution in [0.25, 0.3) is 10.9 Å². The summed E-state index contributed by atoms with van der Waals surface area (Å²) in [6.45, 7) is 9.95. The van der Waals surface area contributed by atoms with Gasteiger partial charge in [0.25, 0.3) is 0 Å². The molecule has 0 bridgehead atoms. The van der Waals surface area contributed by atoms with Crippen LogP contribution in [0.2, 0.25) is 0 Å². The van der Waals surface area contributed by atoms with E-state index in [1.165, 1.54) is 25.7 Å². The highest BCUT2D eigenvalue weighted by atomic mass is 32.2. The Labute approximate surface area is 198 Å². The van der Waals surface area contributed by atoms with Gasteiger partial charge in [-0.3, -0.25) is 0 Å². The van der Waals surface area contributed by atoms with Crippen molar-refractivity contribution in [2.24, 2.45) is 22.2 Å². The first-order valence-electron chi connectivity index (χ1n) is 12.3. The lowest BCUT2D eigenvalue weighted by molar-refractivity contribution is 0.0723. The molecule has 8 heteroatoms. The van der Waals surface area contributed by atoms with Crippen LogP contribution in [0.15, 0.2) is 24.4 Å². The minimum Gasteiger partial charge on any atom is -0.371 e. The smallest absolute Gasteiger partial charge is 0.371 e. The van der Waals surface area contributed by atoms with E-state index in [2.05, 4.69) is 36.4 Å². The highest BCUT2D eigenvalue weighted by Gasteiger charge is 2.33. The van der Waals surface area contributed by atoms with Crippen molar-refractivity contribution in [1.82, 2.24) is 9.47 Å². The summed E-state index contributed by atoms with van der Waals surface area (Å²) in [5, 5.41) is 6.04. The van der Waals surface area contributed by atoms with E-state index in [1.807, 2.05) is 6.07 Å². The number of fused-ring (bicyclic) bond motifs is 1. The number of aromatic nitrogens is 1. The second kappa shape index (κ2) is 9.56. The highest BCUT2D eigenvalue weighted by Crippen LogP contribution is 2.40. The molecule has 2 aliphatic rings. The summed E-state index contributed by atoms with van der Waals surface area (Å²) in [5.74, 6) is 1.09. The Hall–Kier alpha value is -1.61. The number of rotatable bonds is 6. The molecule has 0 radical (unpaired) electrons. The summed E-state index contributed by atoms with van der Waals surface area (Å²) in [6, 6.07) is 6.56. The molecule has 1 saturated carbocycles. The van der Waals surface area contributed by atoms with Gasteiger partial charge in [-0.05, 0) is 86.6 Å². The van der Waals surface area contributed by atoms with Gasteiger partial charge in [0.2, 0.25) is 0 Å². The maximum atomic E-state index is 11.4. The molecule has 2 aromatic rings. The SMILES string of the molecule is CC(C)(C)[C@H]1CC[C@@H](N2CCC(n3cc(CCN)c4cc(OS(N)(=O)=O)ccc43)CC2)CC1. The first-order valence-corrected chi connectivity index (χ1v) is 13.8. The third-order valence-electron chi connectivity index (χ3n) is 7.84. The fourth-order valence-electron chi connectivity index (χ4n) is 5.98. The van der Waals surface area contributed by atoms with Crippen molar-refractivity contribution < 1.29 is 12.6 Å². The van der Waals surface area contributed by atoms with Crippen molar-refractivity contribution in [2.75, 3.05) is 19.6 Å². The van der Waals surface area contributed by atoms with E-state index in [0.717, 1.165) is 60.8 Å². The van der Waals surface area contributed by atoms with Gasteiger partial charge in [-0.15, -0.1) is 0 Å². The highest BCUT2D eigenvalue weighted by molar-refractivity contribution is 7.84. The van der Waals surface area contributed by atoms with E-state index >= 15 is 0 Å². The fourth-order valence-corrected chi connectivity index (χ4v) is 6.36. The monoisotopic (exact) mass is 476 g/mol. The van der Waals surface area contributed by atoms with E-state index < -0.39 is 10.3 Å². The fraction of sp³-hybridized carbons (Fsp3) is 0.680. The second-order valence-electron chi connectivity index (χ2n) is 11.0. The first-order chi connectivity index (χ1) is 15.5. The van der Waals surface area contributed by atoms with Crippen LogP contribution in [-0.4, -0.2) is 43.6 Å². The quantitative estimate of drug-likeness (QED) is 0.657. The number of hydrogen-bond donors (Lipinski definition) is 2. The Balaban J connectivity index is 1.46. The lowest BCUT2D eigenvalue weighted by Gasteiger charge is -2.43. The van der Waals surface area contributed by atoms with Gasteiger partial charge in [-0.1, -0.05) is 20.8 Å². The van der Waals surface area contributed by atoms with Gasteiger partial charge in [-0.25, -0.2) is 0 Å². The number of likely N-dealkylation sites (tertiary alicyclic amines) is 1. The molecule has 0 unspecified atom stereocenters. The predicted octanol–water partition coefficient (Wildman–Crippen LogP) is 3.97. The zero-order valence-corrected chi connectivity index (χ0v) is 21.1. The summed E-state index contributed by atoms with van der Waals surface area (Å²) in [4.78, 5) is 2.72. The third kappa shape index (κ3) is 5.73. The van der Waals surface area contributed by atoms with Crippen molar-refractivity contribution in [3.05, 3.63) is 30.0 Å². The van der Waals surface area contributed by atoms with Crippen LogP contribution >= 0.6 is 0 Å². The molecular formula is C25H40N4O3S. The average molecular weight is 477 g/mol. The molecule has 1 aromatic carbocycles. The normalized spacial score (nSPS) is 23.8. The maximum absolute atomic E-state index is 11.4. The molecule has 184 valence electrons. The lowest BCUT2D eigenvalue weighted by Crippen LogP contribution is -2.44. The molecule has 4 rings (SSSR count). The standard InChI is InChI=1S/C25H40N4O3S/c1-25(2,3)19-4-6-20(7-5-19)28-14-11-21(12-15-28)29-17-18(10-13-26)23-16-22(8-9-24(23)29)32-33(27,30)31/h8-9,16-17,19-21H,4-7,10-15,26H2,1-3H3,(H2,27,30,31)/t19-,20+. The van der Waals surface area contributed by atoms with Crippen molar-refractivity contribution in [3.63, 3.8) is 0 Å². The van der Waals surface area contributed by atoms with Gasteiger partial charge in [0.05, 0.1) is 0 Å². The molecule has 0 amide bonds. The summed E-state index contributed by atoms with van der Waals surface area (Å²) in [7, 11) is -4.05. The van der Waals surface area contributed by atoms with Gasteiger partial charge < -0.3 is 19.4 Å². The number of nitrogens with zero attached hydrogens (tertiary/aromatic N) is 2. The minimum atomic E-state index is -4.05. The molecule has 1 aromatic heterocycles. The van der Waals surface area contributed by atoms with Gasteiger partial charge >= 0.3 is 10.3 Å². The molecule has 7 nitrogen and oxygen atoms in total. The molecule has 0 atom stereocenters. The average Bonchev–Trinajstić information content (AvgIpc) is 3.10. The Bertz CT molecular complexity index is 1060. The van der Waals surface area contributed by atoms with E-state index in [1.54, 1.807) is 12.1 Å². The van der Waals surface area contributed by atoms with Crippen LogP contribution in [0, 0.1) is 11.3 Å². The summed E-state index contributed by atoms with van der Waals surface area (Å²) >= 11 is 0. The maximum Gasteiger partial charge on any atom is 0.380 e. The summed E-state index contributed by atoms with van der Waals surface area (Å²) in [6.07, 6.45) is 10.5. The summed E-state index contributed by atoms with van der Waals surface area (Å²) < 4.78 is 30.0. The second-order valence-corrected chi connectivity index (χ2v) is 12.1. The number of hydrogen-bond acceptors (Lipinski definition) is 5.